The van der Waals surface area contributed by atoms with Gasteiger partial charge in [-0.15, -0.1) is 0 Å². The van der Waals surface area contributed by atoms with Crippen LogP contribution in [-0.4, -0.2) is 45.5 Å². The first-order chi connectivity index (χ1) is 12.4. The van der Waals surface area contributed by atoms with Crippen molar-refractivity contribution in [3.8, 4) is 11.5 Å². The maximum absolute atomic E-state index is 12.6. The van der Waals surface area contributed by atoms with Crippen LogP contribution in [0.2, 0.25) is 0 Å². The Hall–Kier alpha value is -2.06. The molecule has 1 aromatic carbocycles. The third-order valence-corrected chi connectivity index (χ3v) is 5.00. The minimum absolute atomic E-state index is 0.256. The van der Waals surface area contributed by atoms with E-state index in [4.69, 9.17) is 21.7 Å². The van der Waals surface area contributed by atoms with E-state index in [0.29, 0.717) is 29.6 Å². The molecule has 6 nitrogen and oxygen atoms in total. The van der Waals surface area contributed by atoms with E-state index in [2.05, 4.69) is 0 Å². The van der Waals surface area contributed by atoms with E-state index < -0.39 is 12.0 Å². The molecule has 140 valence electrons. The number of carbonyl (C=O) groups is 2. The van der Waals surface area contributed by atoms with E-state index in [-0.39, 0.29) is 16.6 Å². The number of carbonyl (C=O) groups excluding carboxylic acids is 1. The summed E-state index contributed by atoms with van der Waals surface area (Å²) in [7, 11) is 0. The Kier molecular flexibility index (Phi) is 7.05. The van der Waals surface area contributed by atoms with E-state index in [1.807, 2.05) is 19.9 Å². The number of hydrogen-bond donors (Lipinski definition) is 1. The number of nitrogens with zero attached hydrogens (tertiary/aromatic N) is 1. The number of thiocarbonyl (C=S) groups is 1. The van der Waals surface area contributed by atoms with E-state index in [1.165, 1.54) is 4.90 Å². The monoisotopic (exact) mass is 395 g/mol. The number of thioether (sulfide) groups is 1. The first kappa shape index (κ1) is 20.3. The summed E-state index contributed by atoms with van der Waals surface area (Å²) in [6.45, 7) is 6.49. The number of hydrogen-bond acceptors (Lipinski definition) is 6. The highest BCUT2D eigenvalue weighted by Gasteiger charge is 2.39. The first-order valence-electron chi connectivity index (χ1n) is 8.32. The molecule has 1 amide bonds. The van der Waals surface area contributed by atoms with Crippen molar-refractivity contribution in [2.45, 2.75) is 33.2 Å². The zero-order valence-electron chi connectivity index (χ0n) is 14.9. The van der Waals surface area contributed by atoms with Crippen LogP contribution in [0.25, 0.3) is 6.08 Å². The van der Waals surface area contributed by atoms with Crippen LogP contribution in [0.3, 0.4) is 0 Å². The molecule has 1 atom stereocenters. The summed E-state index contributed by atoms with van der Waals surface area (Å²) in [5, 5.41) is 9.31. The van der Waals surface area contributed by atoms with Crippen molar-refractivity contribution in [1.82, 2.24) is 4.90 Å². The fraction of sp³-hybridized carbons (Fsp3) is 0.389. The maximum Gasteiger partial charge on any atom is 0.326 e. The lowest BCUT2D eigenvalue weighted by Crippen LogP contribution is -2.43. The van der Waals surface area contributed by atoms with E-state index in [1.54, 1.807) is 25.1 Å². The van der Waals surface area contributed by atoms with Crippen molar-refractivity contribution < 1.29 is 24.2 Å². The molecule has 1 aromatic rings. The fourth-order valence-electron chi connectivity index (χ4n) is 2.52. The standard InChI is InChI=1S/C18H21NO5S2/c1-4-12(17(21)22)19-16(20)15(26-18(19)25)10-11-7-8-13(23-5-2)14(9-11)24-6-3/h7-10,12H,4-6H2,1-3H3,(H,21,22)/b15-10-/t12-/m0/s1. The molecule has 1 aliphatic rings. The quantitative estimate of drug-likeness (QED) is 0.533. The lowest BCUT2D eigenvalue weighted by atomic mass is 10.1. The van der Waals surface area contributed by atoms with Gasteiger partial charge in [0.15, 0.2) is 11.5 Å². The summed E-state index contributed by atoms with van der Waals surface area (Å²) in [5.74, 6) is -0.225. The van der Waals surface area contributed by atoms with Crippen LogP contribution in [0.4, 0.5) is 0 Å². The second-order valence-corrected chi connectivity index (χ2v) is 7.06. The average Bonchev–Trinajstić information content (AvgIpc) is 2.86. The van der Waals surface area contributed by atoms with Crippen molar-refractivity contribution in [2.75, 3.05) is 13.2 Å². The predicted octanol–water partition coefficient (Wildman–Crippen LogP) is 3.55. The summed E-state index contributed by atoms with van der Waals surface area (Å²) in [5.41, 5.74) is 0.751. The normalized spacial score (nSPS) is 16.9. The van der Waals surface area contributed by atoms with Gasteiger partial charge in [-0.05, 0) is 44.0 Å². The number of amides is 1. The molecule has 1 N–H and O–H groups in total. The molecule has 0 aromatic heterocycles. The molecule has 0 radical (unpaired) electrons. The number of benzene rings is 1. The van der Waals surface area contributed by atoms with Crippen LogP contribution in [-0.2, 0) is 9.59 Å². The SMILES string of the molecule is CCOc1ccc(/C=C2\SC(=S)N([C@@H](CC)C(=O)O)C2=O)cc1OCC. The smallest absolute Gasteiger partial charge is 0.326 e. The van der Waals surface area contributed by atoms with E-state index >= 15 is 0 Å². The number of ether oxygens (including phenoxy) is 2. The second-order valence-electron chi connectivity index (χ2n) is 5.39. The predicted molar refractivity (Wildman–Crippen MR) is 106 cm³/mol. The zero-order valence-corrected chi connectivity index (χ0v) is 16.5. The number of aliphatic carboxylic acids is 1. The molecule has 8 heteroatoms. The summed E-state index contributed by atoms with van der Waals surface area (Å²) in [6.07, 6.45) is 1.97. The Balaban J connectivity index is 2.32. The number of carboxylic acids is 1. The zero-order chi connectivity index (χ0) is 19.3. The van der Waals surface area contributed by atoms with Gasteiger partial charge in [0.25, 0.3) is 5.91 Å². The average molecular weight is 396 g/mol. The van der Waals surface area contributed by atoms with Gasteiger partial charge >= 0.3 is 5.97 Å². The van der Waals surface area contributed by atoms with Crippen molar-refractivity contribution >= 4 is 46.3 Å². The minimum atomic E-state index is -1.07. The summed E-state index contributed by atoms with van der Waals surface area (Å²) in [4.78, 5) is 25.6. The molecule has 1 fully saturated rings. The van der Waals surface area contributed by atoms with Gasteiger partial charge in [-0.1, -0.05) is 37.0 Å². The van der Waals surface area contributed by atoms with Crippen molar-refractivity contribution in [2.24, 2.45) is 0 Å². The molecule has 0 saturated carbocycles. The first-order valence-corrected chi connectivity index (χ1v) is 9.54. The molecular formula is C18H21NO5S2. The van der Waals surface area contributed by atoms with E-state index in [9.17, 15) is 14.7 Å². The highest BCUT2D eigenvalue weighted by molar-refractivity contribution is 8.26. The number of carboxylic acid groups (broad SMARTS) is 1. The fourth-order valence-corrected chi connectivity index (χ4v) is 3.88. The molecule has 0 aliphatic carbocycles. The van der Waals surface area contributed by atoms with Gasteiger partial charge in [0.2, 0.25) is 0 Å². The lowest BCUT2D eigenvalue weighted by Gasteiger charge is -2.21. The van der Waals surface area contributed by atoms with Gasteiger partial charge in [0.05, 0.1) is 18.1 Å². The van der Waals surface area contributed by atoms with Crippen LogP contribution in [0.5, 0.6) is 11.5 Å². The van der Waals surface area contributed by atoms with E-state index in [0.717, 1.165) is 17.3 Å². The Morgan fingerprint density at radius 1 is 1.27 bits per heavy atom. The molecule has 0 bridgehead atoms. The number of rotatable bonds is 8. The Morgan fingerprint density at radius 3 is 2.50 bits per heavy atom. The molecule has 0 unspecified atom stereocenters. The van der Waals surface area contributed by atoms with Gasteiger partial charge in [0, 0.05) is 0 Å². The highest BCUT2D eigenvalue weighted by atomic mass is 32.2. The van der Waals surface area contributed by atoms with Gasteiger partial charge in [-0.25, -0.2) is 4.79 Å². The molecule has 2 rings (SSSR count). The summed E-state index contributed by atoms with van der Waals surface area (Å²) < 4.78 is 11.4. The van der Waals surface area contributed by atoms with Gasteiger partial charge in [-0.3, -0.25) is 9.69 Å². The van der Waals surface area contributed by atoms with Gasteiger partial charge in [-0.2, -0.15) is 0 Å². The maximum atomic E-state index is 12.6. The van der Waals surface area contributed by atoms with Gasteiger partial charge < -0.3 is 14.6 Å². The topological polar surface area (TPSA) is 76.1 Å². The van der Waals surface area contributed by atoms with Crippen LogP contribution in [0.15, 0.2) is 23.1 Å². The second kappa shape index (κ2) is 9.05. The molecular weight excluding hydrogens is 374 g/mol. The molecule has 1 aliphatic heterocycles. The largest absolute Gasteiger partial charge is 0.490 e. The van der Waals surface area contributed by atoms with Crippen LogP contribution < -0.4 is 9.47 Å². The van der Waals surface area contributed by atoms with Crippen LogP contribution in [0.1, 0.15) is 32.8 Å². The summed E-state index contributed by atoms with van der Waals surface area (Å²) in [6, 6.07) is 4.43. The third kappa shape index (κ3) is 4.37. The lowest BCUT2D eigenvalue weighted by molar-refractivity contribution is -0.145. The van der Waals surface area contributed by atoms with Crippen molar-refractivity contribution in [3.63, 3.8) is 0 Å². The Morgan fingerprint density at radius 2 is 1.92 bits per heavy atom. The third-order valence-electron chi connectivity index (χ3n) is 3.67. The summed E-state index contributed by atoms with van der Waals surface area (Å²) >= 11 is 6.32. The Labute approximate surface area is 162 Å². The minimum Gasteiger partial charge on any atom is -0.490 e. The van der Waals surface area contributed by atoms with Gasteiger partial charge in [0.1, 0.15) is 10.4 Å². The molecule has 1 heterocycles. The Bertz CT molecular complexity index is 747. The molecule has 1 saturated heterocycles. The molecule has 26 heavy (non-hydrogen) atoms. The van der Waals surface area contributed by atoms with Crippen LogP contribution >= 0.6 is 24.0 Å². The van der Waals surface area contributed by atoms with Crippen LogP contribution in [0, 0.1) is 0 Å². The highest BCUT2D eigenvalue weighted by Crippen LogP contribution is 2.36. The van der Waals surface area contributed by atoms with Crippen molar-refractivity contribution in [1.29, 1.82) is 0 Å². The van der Waals surface area contributed by atoms with Crippen molar-refractivity contribution in [3.05, 3.63) is 28.7 Å². The molecule has 0 spiro atoms.